The monoisotopic (exact) mass is 494 g/mol. The second kappa shape index (κ2) is 10.5. The molecule has 0 fully saturated rings. The zero-order valence-electron chi connectivity index (χ0n) is 15.1. The summed E-state index contributed by atoms with van der Waals surface area (Å²) >= 11 is 0. The van der Waals surface area contributed by atoms with Gasteiger partial charge in [0.15, 0.2) is 5.96 Å². The molecule has 3 N–H and O–H groups in total. The number of halogens is 2. The van der Waals surface area contributed by atoms with E-state index in [1.54, 1.807) is 31.5 Å². The van der Waals surface area contributed by atoms with Crippen molar-refractivity contribution in [3.63, 3.8) is 0 Å². The summed E-state index contributed by atoms with van der Waals surface area (Å²) in [6.07, 6.45) is 1.65. The van der Waals surface area contributed by atoms with Crippen molar-refractivity contribution < 1.29 is 13.9 Å². The van der Waals surface area contributed by atoms with Crippen LogP contribution in [0, 0.1) is 5.82 Å². The molecule has 1 heterocycles. The Balaban J connectivity index is 0.00000280. The highest BCUT2D eigenvalue weighted by atomic mass is 127. The van der Waals surface area contributed by atoms with E-state index in [-0.39, 0.29) is 35.8 Å². The Bertz CT molecular complexity index is 918. The summed E-state index contributed by atoms with van der Waals surface area (Å²) in [6, 6.07) is 16.7. The quantitative estimate of drug-likeness (QED) is 0.298. The van der Waals surface area contributed by atoms with Crippen LogP contribution in [0.3, 0.4) is 0 Å². The average molecular weight is 494 g/mol. The lowest BCUT2D eigenvalue weighted by Gasteiger charge is -2.08. The number of guanidine groups is 1. The number of nitrogens with zero attached hydrogens (tertiary/aromatic N) is 2. The van der Waals surface area contributed by atoms with Gasteiger partial charge in [-0.15, -0.1) is 24.0 Å². The summed E-state index contributed by atoms with van der Waals surface area (Å²) in [7, 11) is 1.60. The van der Waals surface area contributed by atoms with Crippen molar-refractivity contribution in [2.45, 2.75) is 6.54 Å². The predicted molar refractivity (Wildman–Crippen MR) is 118 cm³/mol. The fourth-order valence-electron chi connectivity index (χ4n) is 2.25. The Labute approximate surface area is 179 Å². The molecule has 0 saturated carbocycles. The number of methoxy groups -OCH3 is 1. The summed E-state index contributed by atoms with van der Waals surface area (Å²) < 4.78 is 23.6. The highest BCUT2D eigenvalue weighted by Gasteiger charge is 2.01. The lowest BCUT2D eigenvalue weighted by Crippen LogP contribution is -2.22. The molecule has 1 aromatic heterocycles. The van der Waals surface area contributed by atoms with E-state index in [0.717, 1.165) is 17.0 Å². The van der Waals surface area contributed by atoms with Gasteiger partial charge in [0.1, 0.15) is 17.3 Å². The van der Waals surface area contributed by atoms with Crippen LogP contribution in [0.4, 0.5) is 10.1 Å². The van der Waals surface area contributed by atoms with E-state index in [9.17, 15) is 4.39 Å². The third kappa shape index (κ3) is 6.38. The van der Waals surface area contributed by atoms with Gasteiger partial charge in [0.2, 0.25) is 5.88 Å². The Morgan fingerprint density at radius 1 is 1.11 bits per heavy atom. The van der Waals surface area contributed by atoms with Crippen LogP contribution in [0.2, 0.25) is 0 Å². The number of aliphatic imine (C=N–C) groups is 1. The minimum absolute atomic E-state index is 0. The summed E-state index contributed by atoms with van der Waals surface area (Å²) in [5.41, 5.74) is 7.57. The molecule has 0 radical (unpaired) electrons. The number of benzene rings is 2. The first-order valence-electron chi connectivity index (χ1n) is 8.22. The lowest BCUT2D eigenvalue weighted by atomic mass is 10.3. The molecule has 0 aliphatic carbocycles. The molecule has 6 nitrogen and oxygen atoms in total. The molecular formula is C20H20FIN4O2. The number of rotatable bonds is 6. The molecule has 0 saturated heterocycles. The maximum Gasteiger partial charge on any atom is 0.219 e. The number of aromatic nitrogens is 1. The molecule has 0 unspecified atom stereocenters. The van der Waals surface area contributed by atoms with E-state index >= 15 is 0 Å². The molecule has 3 aromatic rings. The van der Waals surface area contributed by atoms with Crippen molar-refractivity contribution in [2.75, 3.05) is 12.4 Å². The molecule has 0 amide bonds. The first kappa shape index (κ1) is 21.4. The fourth-order valence-corrected chi connectivity index (χ4v) is 2.25. The third-order valence-corrected chi connectivity index (χ3v) is 3.61. The third-order valence-electron chi connectivity index (χ3n) is 3.61. The van der Waals surface area contributed by atoms with E-state index in [2.05, 4.69) is 15.3 Å². The predicted octanol–water partition coefficient (Wildman–Crippen LogP) is 4.57. The summed E-state index contributed by atoms with van der Waals surface area (Å²) in [5, 5.41) is 3.01. The van der Waals surface area contributed by atoms with Crippen LogP contribution in [-0.4, -0.2) is 18.1 Å². The number of nitrogens with two attached hydrogens (primary N) is 1. The van der Waals surface area contributed by atoms with Crippen LogP contribution in [-0.2, 0) is 6.54 Å². The van der Waals surface area contributed by atoms with Crippen molar-refractivity contribution in [1.29, 1.82) is 0 Å². The van der Waals surface area contributed by atoms with Gasteiger partial charge in [0.05, 0.1) is 13.7 Å². The highest BCUT2D eigenvalue weighted by molar-refractivity contribution is 14.0. The van der Waals surface area contributed by atoms with Crippen LogP contribution in [0.5, 0.6) is 17.4 Å². The Morgan fingerprint density at radius 2 is 1.89 bits per heavy atom. The molecule has 0 aliphatic rings. The number of pyridine rings is 1. The van der Waals surface area contributed by atoms with Gasteiger partial charge in [-0.2, -0.15) is 0 Å². The second-order valence-corrected chi connectivity index (χ2v) is 5.62. The van der Waals surface area contributed by atoms with Gasteiger partial charge in [-0.1, -0.05) is 12.1 Å². The van der Waals surface area contributed by atoms with Crippen LogP contribution >= 0.6 is 24.0 Å². The molecule has 3 rings (SSSR count). The van der Waals surface area contributed by atoms with E-state index in [1.807, 2.05) is 30.3 Å². The zero-order chi connectivity index (χ0) is 19.1. The van der Waals surface area contributed by atoms with Gasteiger partial charge in [-0.05, 0) is 42.0 Å². The van der Waals surface area contributed by atoms with E-state index in [4.69, 9.17) is 15.2 Å². The SMILES string of the molecule is COc1cccc(NC(N)=NCc2ccc(Oc3ccc(F)cc3)nc2)c1.I. The van der Waals surface area contributed by atoms with Crippen molar-refractivity contribution >= 4 is 35.6 Å². The minimum atomic E-state index is -0.316. The topological polar surface area (TPSA) is 81.8 Å². The van der Waals surface area contributed by atoms with E-state index < -0.39 is 0 Å². The van der Waals surface area contributed by atoms with Crippen LogP contribution in [0.15, 0.2) is 71.9 Å². The van der Waals surface area contributed by atoms with Crippen LogP contribution in [0.1, 0.15) is 5.56 Å². The normalized spacial score (nSPS) is 10.7. The highest BCUT2D eigenvalue weighted by Crippen LogP contribution is 2.20. The molecule has 0 spiro atoms. The smallest absolute Gasteiger partial charge is 0.219 e. The molecular weight excluding hydrogens is 474 g/mol. The Kier molecular flexibility index (Phi) is 8.00. The number of ether oxygens (including phenoxy) is 2. The maximum atomic E-state index is 12.9. The zero-order valence-corrected chi connectivity index (χ0v) is 17.5. The van der Waals surface area contributed by atoms with Crippen molar-refractivity contribution in [2.24, 2.45) is 10.7 Å². The van der Waals surface area contributed by atoms with Gasteiger partial charge in [-0.25, -0.2) is 14.4 Å². The molecule has 0 bridgehead atoms. The molecule has 0 atom stereocenters. The van der Waals surface area contributed by atoms with E-state index in [1.165, 1.54) is 12.1 Å². The standard InChI is InChI=1S/C20H19FN4O2.HI/c1-26-18-4-2-3-16(11-18)25-20(22)24-13-14-5-10-19(23-12-14)27-17-8-6-15(21)7-9-17;/h2-12H,13H2,1H3,(H3,22,24,25);1H. The van der Waals surface area contributed by atoms with Crippen molar-refractivity contribution in [3.05, 3.63) is 78.2 Å². The Morgan fingerprint density at radius 3 is 2.57 bits per heavy atom. The fraction of sp³-hybridized carbons (Fsp3) is 0.100. The van der Waals surface area contributed by atoms with Gasteiger partial charge in [0.25, 0.3) is 0 Å². The summed E-state index contributed by atoms with van der Waals surface area (Å²) in [5.74, 6) is 1.63. The largest absolute Gasteiger partial charge is 0.497 e. The van der Waals surface area contributed by atoms with E-state index in [0.29, 0.717) is 18.2 Å². The first-order chi connectivity index (χ1) is 13.1. The average Bonchev–Trinajstić information content (AvgIpc) is 2.69. The van der Waals surface area contributed by atoms with Gasteiger partial charge >= 0.3 is 0 Å². The van der Waals surface area contributed by atoms with Crippen molar-refractivity contribution in [3.8, 4) is 17.4 Å². The molecule has 146 valence electrons. The van der Waals surface area contributed by atoms with Gasteiger partial charge < -0.3 is 20.5 Å². The summed E-state index contributed by atoms with van der Waals surface area (Å²) in [4.78, 5) is 8.51. The van der Waals surface area contributed by atoms with Crippen LogP contribution in [0.25, 0.3) is 0 Å². The Hall–Kier alpha value is -2.88. The lowest BCUT2D eigenvalue weighted by molar-refractivity contribution is 0.415. The van der Waals surface area contributed by atoms with Crippen molar-refractivity contribution in [1.82, 2.24) is 4.98 Å². The minimum Gasteiger partial charge on any atom is -0.497 e. The van der Waals surface area contributed by atoms with Gasteiger partial charge in [0, 0.05) is 24.0 Å². The second-order valence-electron chi connectivity index (χ2n) is 5.62. The van der Waals surface area contributed by atoms with Gasteiger partial charge in [-0.3, -0.25) is 0 Å². The number of anilines is 1. The molecule has 28 heavy (non-hydrogen) atoms. The van der Waals surface area contributed by atoms with Crippen LogP contribution < -0.4 is 20.5 Å². The number of hydrogen-bond acceptors (Lipinski definition) is 4. The molecule has 2 aromatic carbocycles. The number of nitrogens with one attached hydrogen (secondary N) is 1. The molecule has 0 aliphatic heterocycles. The molecule has 8 heteroatoms. The summed E-state index contributed by atoms with van der Waals surface area (Å²) in [6.45, 7) is 0.368. The maximum absolute atomic E-state index is 12.9. The first-order valence-corrected chi connectivity index (χ1v) is 8.22. The number of hydrogen-bond donors (Lipinski definition) is 2.